The SMILES string of the molecule is CCC(C)(C[C@H]1O[C@@H](n2cnc3c(=N)n(C)cnc32)[C@H](O)[C@@H]1O)OP(=O)(O)C(C)O. The van der Waals surface area contributed by atoms with Crippen molar-refractivity contribution in [3.63, 3.8) is 0 Å². The summed E-state index contributed by atoms with van der Waals surface area (Å²) in [5.74, 6) is -1.57. The quantitative estimate of drug-likeness (QED) is 0.366. The Labute approximate surface area is 172 Å². The van der Waals surface area contributed by atoms with Gasteiger partial charge in [0.25, 0.3) is 0 Å². The number of fused-ring (bicyclic) bond motifs is 1. The summed E-state index contributed by atoms with van der Waals surface area (Å²) < 4.78 is 26.3. The second-order valence-corrected chi connectivity index (χ2v) is 9.93. The van der Waals surface area contributed by atoms with Crippen LogP contribution < -0.4 is 5.49 Å². The van der Waals surface area contributed by atoms with E-state index < -0.39 is 43.6 Å². The van der Waals surface area contributed by atoms with Crippen molar-refractivity contribution >= 4 is 18.8 Å². The molecule has 168 valence electrons. The van der Waals surface area contributed by atoms with Gasteiger partial charge in [0.15, 0.2) is 23.2 Å². The molecule has 1 fully saturated rings. The molecule has 30 heavy (non-hydrogen) atoms. The highest BCUT2D eigenvalue weighted by molar-refractivity contribution is 7.53. The van der Waals surface area contributed by atoms with Crippen LogP contribution in [0.25, 0.3) is 11.2 Å². The van der Waals surface area contributed by atoms with E-state index in [1.54, 1.807) is 20.9 Å². The maximum absolute atomic E-state index is 12.2. The van der Waals surface area contributed by atoms with E-state index in [1.165, 1.54) is 21.8 Å². The lowest BCUT2D eigenvalue weighted by Gasteiger charge is -2.34. The molecule has 3 unspecified atom stereocenters. The molecular formula is C17H28N5O7P. The van der Waals surface area contributed by atoms with Gasteiger partial charge in [0.05, 0.1) is 24.4 Å². The Balaban J connectivity index is 1.86. The van der Waals surface area contributed by atoms with Crippen molar-refractivity contribution in [1.29, 1.82) is 5.41 Å². The summed E-state index contributed by atoms with van der Waals surface area (Å²) in [6.07, 6.45) is -1.46. The first-order valence-corrected chi connectivity index (χ1v) is 11.2. The molecule has 2 aromatic heterocycles. The number of imidazole rings is 1. The largest absolute Gasteiger partial charge is 0.388 e. The second-order valence-electron chi connectivity index (χ2n) is 7.87. The summed E-state index contributed by atoms with van der Waals surface area (Å²) in [5.41, 5.74) is -0.432. The van der Waals surface area contributed by atoms with Crippen LogP contribution in [0, 0.1) is 5.41 Å². The molecule has 3 rings (SSSR count). The van der Waals surface area contributed by atoms with Gasteiger partial charge in [-0.25, -0.2) is 9.97 Å². The van der Waals surface area contributed by atoms with Crippen LogP contribution in [0.4, 0.5) is 0 Å². The molecule has 1 aliphatic rings. The molecule has 7 atom stereocenters. The average molecular weight is 445 g/mol. The zero-order valence-corrected chi connectivity index (χ0v) is 18.1. The van der Waals surface area contributed by atoms with Crippen LogP contribution in [-0.2, 0) is 20.9 Å². The first-order valence-electron chi connectivity index (χ1n) is 9.56. The molecule has 5 N–H and O–H groups in total. The predicted molar refractivity (Wildman–Crippen MR) is 104 cm³/mol. The second kappa shape index (κ2) is 8.12. The summed E-state index contributed by atoms with van der Waals surface area (Å²) in [5, 5.41) is 38.7. The van der Waals surface area contributed by atoms with Crippen LogP contribution in [-0.4, -0.2) is 69.1 Å². The minimum Gasteiger partial charge on any atom is -0.388 e. The smallest absolute Gasteiger partial charge is 0.356 e. The van der Waals surface area contributed by atoms with Crippen molar-refractivity contribution in [2.45, 2.75) is 69.6 Å². The zero-order chi connectivity index (χ0) is 22.4. The molecule has 0 amide bonds. The Morgan fingerprint density at radius 3 is 2.63 bits per heavy atom. The van der Waals surface area contributed by atoms with Crippen LogP contribution in [0.5, 0.6) is 0 Å². The Kier molecular flexibility index (Phi) is 6.23. The standard InChI is InChI=1S/C17H28N5O7P/c1-5-17(3,29-30(26,27)9(2)23)6-10-12(24)13(25)16(28-10)22-8-19-11-14(18)21(4)7-20-15(11)22/h7-10,12-13,16,18,23-25H,5-6H2,1-4H3,(H,26,27)/t9?,10-,12-,13-,16-,17?/m1/s1. The fourth-order valence-corrected chi connectivity index (χ4v) is 4.38. The van der Waals surface area contributed by atoms with E-state index >= 15 is 0 Å². The Morgan fingerprint density at radius 2 is 2.03 bits per heavy atom. The summed E-state index contributed by atoms with van der Waals surface area (Å²) in [6, 6.07) is 0. The van der Waals surface area contributed by atoms with Crippen molar-refractivity contribution in [3.05, 3.63) is 18.1 Å². The number of aryl methyl sites for hydroxylation is 1. The van der Waals surface area contributed by atoms with Gasteiger partial charge in [-0.15, -0.1) is 0 Å². The Bertz CT molecular complexity index is 1020. The van der Waals surface area contributed by atoms with Crippen LogP contribution >= 0.6 is 7.60 Å². The highest BCUT2D eigenvalue weighted by Crippen LogP contribution is 2.52. The Hall–Kier alpha value is -1.66. The van der Waals surface area contributed by atoms with Crippen LogP contribution in [0.2, 0.25) is 0 Å². The highest BCUT2D eigenvalue weighted by Gasteiger charge is 2.48. The van der Waals surface area contributed by atoms with Gasteiger partial charge in [-0.2, -0.15) is 0 Å². The molecule has 0 radical (unpaired) electrons. The molecule has 0 saturated carbocycles. The van der Waals surface area contributed by atoms with E-state index in [4.69, 9.17) is 14.7 Å². The van der Waals surface area contributed by atoms with Gasteiger partial charge < -0.3 is 34.0 Å². The summed E-state index contributed by atoms with van der Waals surface area (Å²) in [6.45, 7) is 4.48. The van der Waals surface area contributed by atoms with Gasteiger partial charge in [-0.3, -0.25) is 14.5 Å². The van der Waals surface area contributed by atoms with Crippen LogP contribution in [0.15, 0.2) is 12.7 Å². The topological polar surface area (TPSA) is 176 Å². The first kappa shape index (κ1) is 23.0. The molecule has 1 aliphatic heterocycles. The molecule has 12 nitrogen and oxygen atoms in total. The summed E-state index contributed by atoms with van der Waals surface area (Å²) in [7, 11) is -2.63. The predicted octanol–water partition coefficient (Wildman–Crippen LogP) is -0.0324. The molecule has 0 aliphatic carbocycles. The molecule has 0 bridgehead atoms. The molecular weight excluding hydrogens is 417 g/mol. The molecule has 2 aromatic rings. The normalized spacial score (nSPS) is 29.6. The number of hydrogen-bond donors (Lipinski definition) is 5. The van der Waals surface area contributed by atoms with Gasteiger partial charge in [-0.1, -0.05) is 6.92 Å². The molecule has 3 heterocycles. The number of hydrogen-bond acceptors (Lipinski definition) is 9. The first-order chi connectivity index (χ1) is 13.9. The molecule has 13 heteroatoms. The number of aromatic nitrogens is 4. The molecule has 1 saturated heterocycles. The highest BCUT2D eigenvalue weighted by atomic mass is 31.2. The lowest BCUT2D eigenvalue weighted by atomic mass is 9.93. The van der Waals surface area contributed by atoms with Gasteiger partial charge in [0, 0.05) is 13.5 Å². The number of aliphatic hydroxyl groups is 3. The minimum atomic E-state index is -4.29. The number of ether oxygens (including phenoxy) is 1. The van der Waals surface area contributed by atoms with E-state index in [2.05, 4.69) is 9.97 Å². The van der Waals surface area contributed by atoms with Crippen molar-refractivity contribution < 1.29 is 34.0 Å². The number of rotatable bonds is 7. The number of aliphatic hydroxyl groups excluding tert-OH is 3. The molecule has 0 aromatic carbocycles. The third-order valence-electron chi connectivity index (χ3n) is 5.51. The summed E-state index contributed by atoms with van der Waals surface area (Å²) in [4.78, 5) is 18.3. The Morgan fingerprint density at radius 1 is 1.37 bits per heavy atom. The van der Waals surface area contributed by atoms with Crippen molar-refractivity contribution in [1.82, 2.24) is 19.1 Å². The average Bonchev–Trinajstić information content (AvgIpc) is 3.21. The fourth-order valence-electron chi connectivity index (χ4n) is 3.39. The lowest BCUT2D eigenvalue weighted by Crippen LogP contribution is -2.38. The van der Waals surface area contributed by atoms with Gasteiger partial charge in [0.1, 0.15) is 17.7 Å². The monoisotopic (exact) mass is 445 g/mol. The molecule has 0 spiro atoms. The van der Waals surface area contributed by atoms with E-state index in [0.717, 1.165) is 6.92 Å². The van der Waals surface area contributed by atoms with Crippen molar-refractivity contribution in [3.8, 4) is 0 Å². The van der Waals surface area contributed by atoms with E-state index in [-0.39, 0.29) is 11.9 Å². The van der Waals surface area contributed by atoms with Gasteiger partial charge >= 0.3 is 7.60 Å². The third-order valence-corrected chi connectivity index (χ3v) is 7.16. The third kappa shape index (κ3) is 4.09. The van der Waals surface area contributed by atoms with Crippen molar-refractivity contribution in [2.24, 2.45) is 7.05 Å². The van der Waals surface area contributed by atoms with Crippen LogP contribution in [0.3, 0.4) is 0 Å². The number of nitrogens with zero attached hydrogens (tertiary/aromatic N) is 4. The maximum Gasteiger partial charge on any atom is 0.356 e. The zero-order valence-electron chi connectivity index (χ0n) is 17.2. The van der Waals surface area contributed by atoms with E-state index in [1.807, 2.05) is 0 Å². The van der Waals surface area contributed by atoms with Gasteiger partial charge in [0.2, 0.25) is 0 Å². The lowest BCUT2D eigenvalue weighted by molar-refractivity contribution is -0.0665. The summed E-state index contributed by atoms with van der Waals surface area (Å²) >= 11 is 0. The van der Waals surface area contributed by atoms with Crippen LogP contribution in [0.1, 0.15) is 39.8 Å². The fraction of sp³-hybridized carbons (Fsp3) is 0.706. The minimum absolute atomic E-state index is 0.00574. The van der Waals surface area contributed by atoms with E-state index in [9.17, 15) is 24.8 Å². The van der Waals surface area contributed by atoms with Crippen molar-refractivity contribution in [2.75, 3.05) is 0 Å². The van der Waals surface area contributed by atoms with Gasteiger partial charge in [-0.05, 0) is 20.3 Å². The maximum atomic E-state index is 12.2. The van der Waals surface area contributed by atoms with E-state index in [0.29, 0.717) is 17.6 Å². The number of nitrogens with one attached hydrogen (secondary N) is 1.